The Bertz CT molecular complexity index is 758. The number of hydrogen-bond donors (Lipinski definition) is 2. The fourth-order valence-corrected chi connectivity index (χ4v) is 3.32. The number of nitrogen functional groups attached to an aromatic ring is 1. The Morgan fingerprint density at radius 2 is 1.80 bits per heavy atom. The molecule has 0 aliphatic rings. The van der Waals surface area contributed by atoms with Crippen molar-refractivity contribution in [1.29, 1.82) is 0 Å². The lowest BCUT2D eigenvalue weighted by Crippen LogP contribution is -2.14. The molecule has 0 saturated carbocycles. The molecule has 0 aliphatic heterocycles. The second kappa shape index (κ2) is 5.46. The lowest BCUT2D eigenvalue weighted by Gasteiger charge is -2.12. The first-order valence-electron chi connectivity index (χ1n) is 5.95. The van der Waals surface area contributed by atoms with Gasteiger partial charge in [0.1, 0.15) is 0 Å². The van der Waals surface area contributed by atoms with E-state index in [1.165, 1.54) is 12.1 Å². The topological polar surface area (TPSA) is 72.2 Å². The summed E-state index contributed by atoms with van der Waals surface area (Å²) < 4.78 is 28.0. The largest absolute Gasteiger partial charge is 0.398 e. The van der Waals surface area contributed by atoms with Gasteiger partial charge in [0.25, 0.3) is 10.0 Å². The first kappa shape index (κ1) is 14.9. The molecule has 2 aromatic carbocycles. The van der Waals surface area contributed by atoms with Gasteiger partial charge in [-0.1, -0.05) is 18.2 Å². The minimum atomic E-state index is -3.65. The first-order chi connectivity index (χ1) is 9.31. The van der Waals surface area contributed by atoms with Gasteiger partial charge in [-0.3, -0.25) is 4.72 Å². The molecule has 0 spiro atoms. The molecule has 2 rings (SSSR count). The van der Waals surface area contributed by atoms with Crippen molar-refractivity contribution in [3.63, 3.8) is 0 Å². The van der Waals surface area contributed by atoms with Crippen LogP contribution in [0.2, 0.25) is 0 Å². The van der Waals surface area contributed by atoms with Crippen LogP contribution in [0.4, 0.5) is 11.4 Å². The molecule has 20 heavy (non-hydrogen) atoms. The van der Waals surface area contributed by atoms with Crippen LogP contribution in [-0.4, -0.2) is 8.42 Å². The molecular formula is C14H15BrN2O2S. The average Bonchev–Trinajstić information content (AvgIpc) is 2.38. The van der Waals surface area contributed by atoms with Crippen molar-refractivity contribution in [1.82, 2.24) is 0 Å². The normalized spacial score (nSPS) is 11.3. The van der Waals surface area contributed by atoms with Crippen molar-refractivity contribution in [3.05, 3.63) is 52.0 Å². The Balaban J connectivity index is 2.41. The zero-order valence-corrected chi connectivity index (χ0v) is 13.5. The van der Waals surface area contributed by atoms with Crippen molar-refractivity contribution < 1.29 is 8.42 Å². The number of nitrogens with one attached hydrogen (secondary N) is 1. The highest BCUT2D eigenvalue weighted by molar-refractivity contribution is 9.10. The standard InChI is InChI=1S/C14H15BrN2O2S/c1-9-6-7-11(8-12(9)16)20(18,19)17-13-5-3-4-10(2)14(13)15/h3-8,17H,16H2,1-2H3. The van der Waals surface area contributed by atoms with E-state index < -0.39 is 10.0 Å². The van der Waals surface area contributed by atoms with Crippen LogP contribution in [0.3, 0.4) is 0 Å². The van der Waals surface area contributed by atoms with Crippen molar-refractivity contribution >= 4 is 37.3 Å². The van der Waals surface area contributed by atoms with E-state index >= 15 is 0 Å². The number of hydrogen-bond acceptors (Lipinski definition) is 3. The van der Waals surface area contributed by atoms with Gasteiger partial charge in [0.15, 0.2) is 0 Å². The highest BCUT2D eigenvalue weighted by atomic mass is 79.9. The summed E-state index contributed by atoms with van der Waals surface area (Å²) in [6.45, 7) is 3.72. The summed E-state index contributed by atoms with van der Waals surface area (Å²) in [7, 11) is -3.65. The monoisotopic (exact) mass is 354 g/mol. The van der Waals surface area contributed by atoms with E-state index in [1.54, 1.807) is 18.2 Å². The summed E-state index contributed by atoms with van der Waals surface area (Å²) in [5, 5.41) is 0. The lowest BCUT2D eigenvalue weighted by atomic mass is 10.2. The Labute approximate surface area is 127 Å². The number of sulfonamides is 1. The maximum Gasteiger partial charge on any atom is 0.262 e. The van der Waals surface area contributed by atoms with Gasteiger partial charge in [0.05, 0.1) is 10.6 Å². The van der Waals surface area contributed by atoms with E-state index in [1.807, 2.05) is 19.9 Å². The van der Waals surface area contributed by atoms with Crippen LogP contribution in [0.25, 0.3) is 0 Å². The Kier molecular flexibility index (Phi) is 4.06. The number of aryl methyl sites for hydroxylation is 2. The SMILES string of the molecule is Cc1ccc(S(=O)(=O)Nc2cccc(C)c2Br)cc1N. The van der Waals surface area contributed by atoms with Crippen LogP contribution < -0.4 is 10.5 Å². The molecule has 0 radical (unpaired) electrons. The molecule has 0 fully saturated rings. The van der Waals surface area contributed by atoms with Gasteiger partial charge in [-0.15, -0.1) is 0 Å². The van der Waals surface area contributed by atoms with Crippen molar-refractivity contribution in [3.8, 4) is 0 Å². The van der Waals surface area contributed by atoms with E-state index in [-0.39, 0.29) is 4.90 Å². The highest BCUT2D eigenvalue weighted by Crippen LogP contribution is 2.28. The molecule has 0 amide bonds. The van der Waals surface area contributed by atoms with Crippen LogP contribution in [-0.2, 0) is 10.0 Å². The molecule has 0 bridgehead atoms. The van der Waals surface area contributed by atoms with Crippen LogP contribution >= 0.6 is 15.9 Å². The summed E-state index contributed by atoms with van der Waals surface area (Å²) in [6, 6.07) is 10.1. The van der Waals surface area contributed by atoms with Gasteiger partial charge in [-0.05, 0) is 59.1 Å². The van der Waals surface area contributed by atoms with Gasteiger partial charge >= 0.3 is 0 Å². The zero-order valence-electron chi connectivity index (χ0n) is 11.1. The number of benzene rings is 2. The lowest BCUT2D eigenvalue weighted by molar-refractivity contribution is 0.601. The summed E-state index contributed by atoms with van der Waals surface area (Å²) in [5.41, 5.74) is 8.52. The van der Waals surface area contributed by atoms with Gasteiger partial charge in [-0.25, -0.2) is 8.42 Å². The van der Waals surface area contributed by atoms with Gasteiger partial charge in [0, 0.05) is 10.2 Å². The molecular weight excluding hydrogens is 340 g/mol. The molecule has 0 atom stereocenters. The van der Waals surface area contributed by atoms with Crippen LogP contribution in [0.1, 0.15) is 11.1 Å². The predicted molar refractivity (Wildman–Crippen MR) is 85.3 cm³/mol. The van der Waals surface area contributed by atoms with E-state index in [0.29, 0.717) is 11.4 Å². The number of nitrogens with two attached hydrogens (primary N) is 1. The molecule has 0 heterocycles. The van der Waals surface area contributed by atoms with E-state index in [0.717, 1.165) is 15.6 Å². The minimum Gasteiger partial charge on any atom is -0.398 e. The summed E-state index contributed by atoms with van der Waals surface area (Å²) in [4.78, 5) is 0.147. The van der Waals surface area contributed by atoms with Crippen molar-refractivity contribution in [2.45, 2.75) is 18.7 Å². The Morgan fingerprint density at radius 3 is 2.45 bits per heavy atom. The number of halogens is 1. The third-order valence-electron chi connectivity index (χ3n) is 3.00. The number of rotatable bonds is 3. The number of anilines is 2. The first-order valence-corrected chi connectivity index (χ1v) is 8.23. The predicted octanol–water partition coefficient (Wildman–Crippen LogP) is 3.45. The van der Waals surface area contributed by atoms with Crippen LogP contribution in [0.15, 0.2) is 45.8 Å². The van der Waals surface area contributed by atoms with Crippen molar-refractivity contribution in [2.24, 2.45) is 0 Å². The molecule has 106 valence electrons. The third-order valence-corrected chi connectivity index (χ3v) is 5.41. The molecule has 0 saturated heterocycles. The van der Waals surface area contributed by atoms with E-state index in [4.69, 9.17) is 5.73 Å². The summed E-state index contributed by atoms with van der Waals surface area (Å²) in [5.74, 6) is 0. The molecule has 0 unspecified atom stereocenters. The van der Waals surface area contributed by atoms with Crippen LogP contribution in [0, 0.1) is 13.8 Å². The molecule has 0 aromatic heterocycles. The molecule has 4 nitrogen and oxygen atoms in total. The third kappa shape index (κ3) is 2.96. The maximum atomic E-state index is 12.3. The quantitative estimate of drug-likeness (QED) is 0.829. The average molecular weight is 355 g/mol. The van der Waals surface area contributed by atoms with Crippen LogP contribution in [0.5, 0.6) is 0 Å². The van der Waals surface area contributed by atoms with Crippen molar-refractivity contribution in [2.75, 3.05) is 10.5 Å². The van der Waals surface area contributed by atoms with Gasteiger partial charge in [0.2, 0.25) is 0 Å². The molecule has 0 aliphatic carbocycles. The van der Waals surface area contributed by atoms with Gasteiger partial charge in [-0.2, -0.15) is 0 Å². The smallest absolute Gasteiger partial charge is 0.262 e. The zero-order chi connectivity index (χ0) is 14.9. The second-order valence-electron chi connectivity index (χ2n) is 4.56. The Hall–Kier alpha value is -1.53. The molecule has 6 heteroatoms. The highest BCUT2D eigenvalue weighted by Gasteiger charge is 2.16. The Morgan fingerprint density at radius 1 is 1.10 bits per heavy atom. The van der Waals surface area contributed by atoms with E-state index in [9.17, 15) is 8.42 Å². The maximum absolute atomic E-state index is 12.3. The van der Waals surface area contributed by atoms with Gasteiger partial charge < -0.3 is 5.73 Å². The minimum absolute atomic E-state index is 0.147. The fourth-order valence-electron chi connectivity index (χ4n) is 1.72. The molecule has 2 aromatic rings. The van der Waals surface area contributed by atoms with E-state index in [2.05, 4.69) is 20.7 Å². The second-order valence-corrected chi connectivity index (χ2v) is 7.04. The summed E-state index contributed by atoms with van der Waals surface area (Å²) >= 11 is 3.38. The fraction of sp³-hybridized carbons (Fsp3) is 0.143. The summed E-state index contributed by atoms with van der Waals surface area (Å²) in [6.07, 6.45) is 0. The molecule has 3 N–H and O–H groups in total.